The van der Waals surface area contributed by atoms with Gasteiger partial charge in [0.25, 0.3) is 0 Å². The fraction of sp³-hybridized carbons (Fsp3) is 0.440. The average molecular weight is 547 g/mol. The Bertz CT molecular complexity index is 625. The van der Waals surface area contributed by atoms with Crippen molar-refractivity contribution in [2.75, 3.05) is 0 Å². The third kappa shape index (κ3) is 8.92. The van der Waals surface area contributed by atoms with Crippen molar-refractivity contribution in [3.05, 3.63) is 82.0 Å². The minimum absolute atomic E-state index is 0. The Kier molecular flexibility index (Phi) is 13.0. The zero-order valence-electron chi connectivity index (χ0n) is 16.9. The van der Waals surface area contributed by atoms with Crippen LogP contribution < -0.4 is 0 Å². The maximum atomic E-state index is 5.54. The van der Waals surface area contributed by atoms with Crippen LogP contribution >= 0.6 is 11.6 Å². The molecule has 0 heterocycles. The zero-order valence-corrected chi connectivity index (χ0v) is 21.3. The molecule has 0 saturated carbocycles. The molecule has 0 amide bonds. The van der Waals surface area contributed by atoms with Crippen LogP contribution in [-0.2, 0) is 25.8 Å². The molecule has 0 radical (unpaired) electrons. The second-order valence-corrected chi connectivity index (χ2v) is 7.59. The Balaban J connectivity index is 0.000000385. The summed E-state index contributed by atoms with van der Waals surface area (Å²) in [5.74, 6) is 0. The van der Waals surface area contributed by atoms with E-state index in [1.807, 2.05) is 30.3 Å². The van der Waals surface area contributed by atoms with Crippen LogP contribution in [0.1, 0.15) is 71.6 Å². The predicted molar refractivity (Wildman–Crippen MR) is 117 cm³/mol. The maximum Gasteiger partial charge on any atom is 4.00 e. The van der Waals surface area contributed by atoms with Gasteiger partial charge in [-0.05, 0) is 68.2 Å². The van der Waals surface area contributed by atoms with Crippen LogP contribution in [0, 0.1) is 0 Å². The van der Waals surface area contributed by atoms with Gasteiger partial charge in [0.15, 0.2) is 0 Å². The number of unbranched alkanes of at least 4 members (excludes halogenated alkanes) is 2. The van der Waals surface area contributed by atoms with E-state index in [0.29, 0.717) is 0 Å². The molecule has 1 aromatic rings. The molecule has 0 bridgehead atoms. The van der Waals surface area contributed by atoms with Gasteiger partial charge >= 0.3 is 25.8 Å². The Hall–Kier alpha value is -0.660. The molecular formula is C25H33ClHf+4. The van der Waals surface area contributed by atoms with Gasteiger partial charge in [0.1, 0.15) is 0 Å². The van der Waals surface area contributed by atoms with E-state index >= 15 is 0 Å². The average Bonchev–Trinajstić information content (AvgIpc) is 3.29. The second-order valence-electron chi connectivity index (χ2n) is 7.15. The monoisotopic (exact) mass is 548 g/mol. The third-order valence-electron chi connectivity index (χ3n) is 5.03. The summed E-state index contributed by atoms with van der Waals surface area (Å²) in [5, 5.41) is 0.794. The normalized spacial score (nSPS) is 15.1. The van der Waals surface area contributed by atoms with E-state index in [1.165, 1.54) is 57.8 Å². The summed E-state index contributed by atoms with van der Waals surface area (Å²) in [4.78, 5) is 0. The van der Waals surface area contributed by atoms with Crippen LogP contribution in [-0.4, -0.2) is 0 Å². The molecule has 140 valence electrons. The van der Waals surface area contributed by atoms with Crippen LogP contribution in [0.4, 0.5) is 0 Å². The fourth-order valence-electron chi connectivity index (χ4n) is 3.48. The number of halogens is 1. The van der Waals surface area contributed by atoms with Crippen molar-refractivity contribution in [1.29, 1.82) is 0 Å². The summed E-state index contributed by atoms with van der Waals surface area (Å²) in [6.07, 6.45) is 20.9. The van der Waals surface area contributed by atoms with E-state index in [2.05, 4.69) is 38.2 Å². The van der Waals surface area contributed by atoms with Crippen molar-refractivity contribution in [2.45, 2.75) is 71.6 Å². The number of hydrogen-bond acceptors (Lipinski definition) is 0. The zero-order chi connectivity index (χ0) is 18.6. The molecule has 0 spiro atoms. The number of rotatable bonds is 8. The van der Waals surface area contributed by atoms with Crippen molar-refractivity contribution in [3.63, 3.8) is 0 Å². The van der Waals surface area contributed by atoms with Crippen LogP contribution in [0.3, 0.4) is 0 Å². The van der Waals surface area contributed by atoms with Crippen molar-refractivity contribution < 1.29 is 25.8 Å². The molecule has 1 aromatic carbocycles. The van der Waals surface area contributed by atoms with Gasteiger partial charge in [-0.2, -0.15) is 0 Å². The van der Waals surface area contributed by atoms with Crippen molar-refractivity contribution in [1.82, 2.24) is 0 Å². The first kappa shape index (κ1) is 24.4. The van der Waals surface area contributed by atoms with Crippen LogP contribution in [0.5, 0.6) is 0 Å². The molecule has 0 nitrogen and oxygen atoms in total. The molecular weight excluding hydrogens is 514 g/mol. The Morgan fingerprint density at radius 3 is 1.63 bits per heavy atom. The van der Waals surface area contributed by atoms with Gasteiger partial charge in [-0.3, -0.25) is 0 Å². The van der Waals surface area contributed by atoms with Crippen LogP contribution in [0.15, 0.2) is 76.9 Å². The van der Waals surface area contributed by atoms with Crippen LogP contribution in [0.2, 0.25) is 5.02 Å². The first-order valence-corrected chi connectivity index (χ1v) is 10.6. The van der Waals surface area contributed by atoms with Crippen molar-refractivity contribution in [2.24, 2.45) is 0 Å². The first-order valence-electron chi connectivity index (χ1n) is 10.2. The van der Waals surface area contributed by atoms with Gasteiger partial charge in [-0.25, -0.2) is 0 Å². The van der Waals surface area contributed by atoms with E-state index in [0.717, 1.165) is 5.02 Å². The second kappa shape index (κ2) is 14.4. The van der Waals surface area contributed by atoms with Crippen molar-refractivity contribution in [3.8, 4) is 0 Å². The molecule has 0 fully saturated rings. The van der Waals surface area contributed by atoms with E-state index in [4.69, 9.17) is 11.6 Å². The summed E-state index contributed by atoms with van der Waals surface area (Å²) in [6, 6.07) is 9.44. The molecule has 0 atom stereocenters. The molecule has 27 heavy (non-hydrogen) atoms. The topological polar surface area (TPSA) is 0 Å². The molecule has 0 N–H and O–H groups in total. The van der Waals surface area contributed by atoms with E-state index < -0.39 is 0 Å². The summed E-state index contributed by atoms with van der Waals surface area (Å²) < 4.78 is 0. The smallest absolute Gasteiger partial charge is 0.0843 e. The summed E-state index contributed by atoms with van der Waals surface area (Å²) in [5.41, 5.74) is 6.66. The minimum Gasteiger partial charge on any atom is -0.0843 e. The first-order chi connectivity index (χ1) is 12.7. The third-order valence-corrected chi connectivity index (χ3v) is 5.29. The standard InChI is InChI=1S/C19H28.C6H5Cl.Hf/c1-3-5-9-16-11-7-13-18(16)15-19-14-8-12-17(19)10-6-4-2;7-6-4-2-1-3-5-6;/h7-8,11-12H,3-6,9-10,13-15H2,1-2H3;1-5H;/q;;+4. The summed E-state index contributed by atoms with van der Waals surface area (Å²) in [6.45, 7) is 4.57. The molecule has 0 saturated heterocycles. The maximum absolute atomic E-state index is 5.54. The Morgan fingerprint density at radius 2 is 1.26 bits per heavy atom. The summed E-state index contributed by atoms with van der Waals surface area (Å²) >= 11 is 5.54. The number of benzene rings is 1. The van der Waals surface area contributed by atoms with Gasteiger partial charge in [-0.1, -0.05) is 91.9 Å². The molecule has 2 aliphatic carbocycles. The van der Waals surface area contributed by atoms with Gasteiger partial charge in [0, 0.05) is 5.02 Å². The molecule has 0 aromatic heterocycles. The molecule has 0 unspecified atom stereocenters. The predicted octanol–water partition coefficient (Wildman–Crippen LogP) is 8.61. The minimum atomic E-state index is 0. The fourth-order valence-corrected chi connectivity index (χ4v) is 3.63. The van der Waals surface area contributed by atoms with Gasteiger partial charge in [0.2, 0.25) is 0 Å². The molecule has 0 aliphatic heterocycles. The van der Waals surface area contributed by atoms with E-state index in [1.54, 1.807) is 22.3 Å². The molecule has 2 heteroatoms. The Morgan fingerprint density at radius 1 is 0.778 bits per heavy atom. The molecule has 3 rings (SSSR count). The SMILES string of the molecule is CCCCC1=C(CC2=C(CCCC)C=CC2)CC=C1.Clc1ccccc1.[Hf+4]. The van der Waals surface area contributed by atoms with Crippen molar-refractivity contribution >= 4 is 11.6 Å². The van der Waals surface area contributed by atoms with Gasteiger partial charge in [0.05, 0.1) is 0 Å². The quantitative estimate of drug-likeness (QED) is 0.286. The van der Waals surface area contributed by atoms with E-state index in [-0.39, 0.29) is 25.8 Å². The van der Waals surface area contributed by atoms with E-state index in [9.17, 15) is 0 Å². The number of allylic oxidation sites excluding steroid dienone is 8. The number of hydrogen-bond donors (Lipinski definition) is 0. The summed E-state index contributed by atoms with van der Waals surface area (Å²) in [7, 11) is 0. The van der Waals surface area contributed by atoms with Gasteiger partial charge < -0.3 is 0 Å². The van der Waals surface area contributed by atoms with Gasteiger partial charge in [-0.15, -0.1) is 0 Å². The van der Waals surface area contributed by atoms with Crippen LogP contribution in [0.25, 0.3) is 0 Å². The largest absolute Gasteiger partial charge is 4.00 e. The Labute approximate surface area is 190 Å². The molecule has 2 aliphatic rings.